The molecule has 0 spiro atoms. The van der Waals surface area contributed by atoms with Gasteiger partial charge in [0.25, 0.3) is 5.91 Å². The number of hydrogen-bond donors (Lipinski definition) is 0. The van der Waals surface area contributed by atoms with E-state index in [0.717, 1.165) is 24.1 Å². The molecule has 9 heteroatoms. The van der Waals surface area contributed by atoms with Gasteiger partial charge in [-0.15, -0.1) is 0 Å². The van der Waals surface area contributed by atoms with E-state index in [9.17, 15) is 9.18 Å². The summed E-state index contributed by atoms with van der Waals surface area (Å²) in [5.41, 5.74) is 2.78. The summed E-state index contributed by atoms with van der Waals surface area (Å²) in [6.45, 7) is 0.756. The number of rotatable bonds is 3. The maximum atomic E-state index is 14.1. The third-order valence-corrected chi connectivity index (χ3v) is 7.31. The Balaban J connectivity index is 1.24. The van der Waals surface area contributed by atoms with Crippen LogP contribution in [0.1, 0.15) is 47.3 Å². The third kappa shape index (κ3) is 3.24. The highest BCUT2D eigenvalue weighted by Gasteiger charge is 2.40. The van der Waals surface area contributed by atoms with E-state index in [1.165, 1.54) is 31.0 Å². The summed E-state index contributed by atoms with van der Waals surface area (Å²) in [6, 6.07) is 5.17. The highest BCUT2D eigenvalue weighted by Crippen LogP contribution is 2.37. The molecule has 0 N–H and O–H groups in total. The van der Waals surface area contributed by atoms with Crippen molar-refractivity contribution in [2.45, 2.75) is 57.0 Å². The van der Waals surface area contributed by atoms with Crippen LogP contribution in [0.15, 0.2) is 30.6 Å². The van der Waals surface area contributed by atoms with E-state index in [1.54, 1.807) is 21.8 Å². The molecule has 0 radical (unpaired) electrons. The van der Waals surface area contributed by atoms with E-state index in [0.29, 0.717) is 47.2 Å². The van der Waals surface area contributed by atoms with Crippen LogP contribution in [-0.4, -0.2) is 55.5 Å². The fourth-order valence-electron chi connectivity index (χ4n) is 5.44. The van der Waals surface area contributed by atoms with Gasteiger partial charge in [-0.25, -0.2) is 13.9 Å². The summed E-state index contributed by atoms with van der Waals surface area (Å²) in [7, 11) is 2.17. The summed E-state index contributed by atoms with van der Waals surface area (Å²) in [6.07, 6.45) is 7.41. The molecule has 2 fully saturated rings. The average Bonchev–Trinajstić information content (AvgIpc) is 3.36. The zero-order valence-electron chi connectivity index (χ0n) is 17.7. The van der Waals surface area contributed by atoms with Gasteiger partial charge in [-0.05, 0) is 44.9 Å². The number of nitrogens with zero attached hydrogens (tertiary/aromatic N) is 5. The SMILES string of the molecule is CN1[C@@H]2CC[C@H]1C[C@@H](Oc1cc(F)ccc1C(=O)N1Cc3nn4cc(Cl)cnc4c3C1)C2. The van der Waals surface area contributed by atoms with Crippen molar-refractivity contribution in [3.8, 4) is 5.75 Å². The van der Waals surface area contributed by atoms with Gasteiger partial charge in [0.2, 0.25) is 0 Å². The van der Waals surface area contributed by atoms with Crippen molar-refractivity contribution in [3.05, 3.63) is 58.3 Å². The fraction of sp³-hybridized carbons (Fsp3) is 0.435. The molecule has 0 unspecified atom stereocenters. The van der Waals surface area contributed by atoms with Gasteiger partial charge < -0.3 is 14.5 Å². The molecular formula is C23H23ClFN5O2. The van der Waals surface area contributed by atoms with E-state index in [4.69, 9.17) is 16.3 Å². The lowest BCUT2D eigenvalue weighted by Gasteiger charge is -2.36. The fourth-order valence-corrected chi connectivity index (χ4v) is 5.58. The van der Waals surface area contributed by atoms with Crippen LogP contribution < -0.4 is 4.74 Å². The molecule has 3 aliphatic rings. The van der Waals surface area contributed by atoms with Crippen LogP contribution >= 0.6 is 11.6 Å². The molecule has 32 heavy (non-hydrogen) atoms. The zero-order valence-corrected chi connectivity index (χ0v) is 18.4. The zero-order chi connectivity index (χ0) is 22.0. The molecule has 0 aliphatic carbocycles. The number of benzene rings is 1. The van der Waals surface area contributed by atoms with Gasteiger partial charge >= 0.3 is 0 Å². The van der Waals surface area contributed by atoms with Crippen LogP contribution in [0.25, 0.3) is 5.65 Å². The first-order valence-electron chi connectivity index (χ1n) is 11.0. The summed E-state index contributed by atoms with van der Waals surface area (Å²) in [5, 5.41) is 5.02. The molecule has 7 nitrogen and oxygen atoms in total. The average molecular weight is 456 g/mol. The van der Waals surface area contributed by atoms with Gasteiger partial charge in [0.1, 0.15) is 17.7 Å². The second-order valence-corrected chi connectivity index (χ2v) is 9.47. The number of halogens is 2. The molecule has 2 aromatic heterocycles. The Labute approximate surface area is 189 Å². The van der Waals surface area contributed by atoms with E-state index in [-0.39, 0.29) is 12.0 Å². The van der Waals surface area contributed by atoms with Crippen LogP contribution in [0, 0.1) is 5.82 Å². The molecule has 3 aliphatic heterocycles. The molecule has 5 heterocycles. The predicted octanol–water partition coefficient (Wildman–Crippen LogP) is 3.68. The first-order chi connectivity index (χ1) is 15.5. The smallest absolute Gasteiger partial charge is 0.258 e. The Bertz CT molecular complexity index is 1220. The lowest BCUT2D eigenvalue weighted by molar-refractivity contribution is 0.0622. The molecule has 0 saturated carbocycles. The second-order valence-electron chi connectivity index (χ2n) is 9.03. The van der Waals surface area contributed by atoms with Gasteiger partial charge in [-0.2, -0.15) is 5.10 Å². The predicted molar refractivity (Wildman–Crippen MR) is 116 cm³/mol. The highest BCUT2D eigenvalue weighted by atomic mass is 35.5. The number of fused-ring (bicyclic) bond motifs is 5. The molecular weight excluding hydrogens is 433 g/mol. The number of carbonyl (C=O) groups is 1. The number of aromatic nitrogens is 3. The second kappa shape index (κ2) is 7.42. The van der Waals surface area contributed by atoms with Crippen LogP contribution in [0.2, 0.25) is 5.02 Å². The van der Waals surface area contributed by atoms with Gasteiger partial charge in [0, 0.05) is 29.9 Å². The molecule has 1 aromatic carbocycles. The maximum absolute atomic E-state index is 14.1. The molecule has 2 bridgehead atoms. The molecule has 1 amide bonds. The standard InChI is InChI=1S/C23H23ClFN5O2/c1-28-15-3-4-16(28)8-17(7-15)32-21-6-14(25)2-5-18(21)23(31)29-11-19-20(12-29)27-30-10-13(24)9-26-22(19)30/h2,5-6,9-10,15-17H,3-4,7-8,11-12H2,1H3/t15-,16+,17+. The van der Waals surface area contributed by atoms with Crippen molar-refractivity contribution in [2.24, 2.45) is 0 Å². The third-order valence-electron chi connectivity index (χ3n) is 7.12. The van der Waals surface area contributed by atoms with E-state index >= 15 is 0 Å². The van der Waals surface area contributed by atoms with Crippen molar-refractivity contribution in [2.75, 3.05) is 7.05 Å². The molecule has 166 valence electrons. The Morgan fingerprint density at radius 1 is 1.22 bits per heavy atom. The first-order valence-corrected chi connectivity index (χ1v) is 11.3. The molecule has 3 atom stereocenters. The largest absolute Gasteiger partial charge is 0.489 e. The Kier molecular flexibility index (Phi) is 4.62. The van der Waals surface area contributed by atoms with E-state index in [1.807, 2.05) is 0 Å². The van der Waals surface area contributed by atoms with Gasteiger partial charge in [-0.3, -0.25) is 4.79 Å². The van der Waals surface area contributed by atoms with Crippen LogP contribution in [0.3, 0.4) is 0 Å². The Hall–Kier alpha value is -2.71. The van der Waals surface area contributed by atoms with Gasteiger partial charge in [0.05, 0.1) is 35.6 Å². The van der Waals surface area contributed by atoms with Crippen molar-refractivity contribution < 1.29 is 13.9 Å². The molecule has 6 rings (SSSR count). The molecule has 3 aromatic rings. The van der Waals surface area contributed by atoms with Crippen molar-refractivity contribution in [1.29, 1.82) is 0 Å². The van der Waals surface area contributed by atoms with Gasteiger partial charge in [0.15, 0.2) is 5.65 Å². The van der Waals surface area contributed by atoms with Crippen LogP contribution in [0.5, 0.6) is 5.75 Å². The highest BCUT2D eigenvalue weighted by molar-refractivity contribution is 6.30. The van der Waals surface area contributed by atoms with Crippen LogP contribution in [-0.2, 0) is 13.1 Å². The summed E-state index contributed by atoms with van der Waals surface area (Å²) in [4.78, 5) is 21.9. The Morgan fingerprint density at radius 3 is 2.78 bits per heavy atom. The first kappa shape index (κ1) is 19.9. The molecule has 2 saturated heterocycles. The minimum atomic E-state index is -0.407. The Morgan fingerprint density at radius 2 is 2.00 bits per heavy atom. The normalized spacial score (nSPS) is 24.8. The van der Waals surface area contributed by atoms with Crippen molar-refractivity contribution in [3.63, 3.8) is 0 Å². The quantitative estimate of drug-likeness (QED) is 0.603. The minimum absolute atomic E-state index is 0.00835. The van der Waals surface area contributed by atoms with Crippen molar-refractivity contribution >= 4 is 23.2 Å². The lowest BCUT2D eigenvalue weighted by Crippen LogP contribution is -2.44. The van der Waals surface area contributed by atoms with E-state index < -0.39 is 5.82 Å². The topological polar surface area (TPSA) is 63.0 Å². The number of hydrogen-bond acceptors (Lipinski definition) is 5. The van der Waals surface area contributed by atoms with Crippen molar-refractivity contribution in [1.82, 2.24) is 24.4 Å². The minimum Gasteiger partial charge on any atom is -0.489 e. The number of ether oxygens (including phenoxy) is 1. The van der Waals surface area contributed by atoms with Crippen LogP contribution in [0.4, 0.5) is 4.39 Å². The number of amides is 1. The number of carbonyl (C=O) groups excluding carboxylic acids is 1. The summed E-state index contributed by atoms with van der Waals surface area (Å²) >= 11 is 6.01. The number of piperidine rings is 1. The monoisotopic (exact) mass is 455 g/mol. The summed E-state index contributed by atoms with van der Waals surface area (Å²) < 4.78 is 22.0. The van der Waals surface area contributed by atoms with E-state index in [2.05, 4.69) is 22.0 Å². The summed E-state index contributed by atoms with van der Waals surface area (Å²) in [5.74, 6) is -0.274. The lowest BCUT2D eigenvalue weighted by atomic mass is 10.0. The van der Waals surface area contributed by atoms with Gasteiger partial charge in [-0.1, -0.05) is 11.6 Å². The maximum Gasteiger partial charge on any atom is 0.258 e.